The molecule has 0 aromatic heterocycles. The Morgan fingerprint density at radius 2 is 1.78 bits per heavy atom. The lowest BCUT2D eigenvalue weighted by Gasteiger charge is -2.39. The molecule has 0 radical (unpaired) electrons. The number of likely N-dealkylation sites (tertiary alicyclic amines) is 1. The number of hydrogen-bond acceptors (Lipinski definition) is 2. The Kier molecular flexibility index (Phi) is 5.96. The molecular weight excluding hydrogens is 339 g/mol. The molecule has 3 fully saturated rings. The van der Waals surface area contributed by atoms with E-state index in [2.05, 4.69) is 20.5 Å². The van der Waals surface area contributed by atoms with Gasteiger partial charge in [0.2, 0.25) is 0 Å². The average Bonchev–Trinajstić information content (AvgIpc) is 3.48. The fraction of sp³-hybridized carbons (Fsp3) is 0.682. The predicted molar refractivity (Wildman–Crippen MR) is 109 cm³/mol. The fourth-order valence-electron chi connectivity index (χ4n) is 4.87. The average molecular weight is 373 g/mol. The number of piperidine rings is 1. The van der Waals surface area contributed by atoms with E-state index in [0.717, 1.165) is 24.0 Å². The van der Waals surface area contributed by atoms with Crippen molar-refractivity contribution in [2.24, 2.45) is 4.99 Å². The van der Waals surface area contributed by atoms with Crippen molar-refractivity contribution >= 4 is 5.96 Å². The number of rotatable bonds is 4. The van der Waals surface area contributed by atoms with Crippen LogP contribution < -0.4 is 10.6 Å². The highest BCUT2D eigenvalue weighted by molar-refractivity contribution is 5.80. The normalized spacial score (nSPS) is 28.1. The number of nitrogens with zero attached hydrogens (tertiary/aromatic N) is 2. The molecule has 1 aromatic rings. The first kappa shape index (κ1) is 18.7. The molecule has 2 unspecified atom stereocenters. The van der Waals surface area contributed by atoms with Gasteiger partial charge < -0.3 is 15.5 Å². The van der Waals surface area contributed by atoms with E-state index in [-0.39, 0.29) is 17.8 Å². The predicted octanol–water partition coefficient (Wildman–Crippen LogP) is 3.64. The Hall–Kier alpha value is -1.62. The molecule has 0 bridgehead atoms. The van der Waals surface area contributed by atoms with Crippen LogP contribution in [0.2, 0.25) is 0 Å². The molecule has 4 rings (SSSR count). The second kappa shape index (κ2) is 8.59. The summed E-state index contributed by atoms with van der Waals surface area (Å²) in [5.74, 6) is 1.04. The smallest absolute Gasteiger partial charge is 0.191 e. The van der Waals surface area contributed by atoms with E-state index in [0.29, 0.717) is 6.04 Å². The maximum atomic E-state index is 14.0. The summed E-state index contributed by atoms with van der Waals surface area (Å²) in [6, 6.07) is 8.73. The minimum atomic E-state index is -0.0927. The van der Waals surface area contributed by atoms with E-state index in [1.807, 2.05) is 19.2 Å². The molecule has 1 saturated heterocycles. The van der Waals surface area contributed by atoms with Crippen molar-refractivity contribution in [3.8, 4) is 0 Å². The first-order valence-corrected chi connectivity index (χ1v) is 10.7. The SMILES string of the molecule is CN=C(NC1CCN(C2CCCCC2)CC1)NC1CC1c1ccccc1F. The fourth-order valence-corrected chi connectivity index (χ4v) is 4.87. The molecule has 3 aliphatic rings. The Morgan fingerprint density at radius 1 is 1.04 bits per heavy atom. The van der Waals surface area contributed by atoms with Crippen LogP contribution in [0, 0.1) is 5.82 Å². The van der Waals surface area contributed by atoms with Crippen LogP contribution in [0.3, 0.4) is 0 Å². The third-order valence-electron chi connectivity index (χ3n) is 6.60. The van der Waals surface area contributed by atoms with E-state index in [1.54, 1.807) is 12.1 Å². The third kappa shape index (κ3) is 4.63. The molecule has 1 aliphatic heterocycles. The molecular formula is C22H33FN4. The minimum Gasteiger partial charge on any atom is -0.354 e. The van der Waals surface area contributed by atoms with Gasteiger partial charge in [0, 0.05) is 44.2 Å². The van der Waals surface area contributed by atoms with Crippen LogP contribution in [0.4, 0.5) is 4.39 Å². The Labute approximate surface area is 162 Å². The molecule has 0 amide bonds. The van der Waals surface area contributed by atoms with Gasteiger partial charge in [-0.05, 0) is 43.7 Å². The Morgan fingerprint density at radius 3 is 2.48 bits per heavy atom. The summed E-state index contributed by atoms with van der Waals surface area (Å²) in [5, 5.41) is 7.10. The number of guanidine groups is 1. The molecule has 148 valence electrons. The summed E-state index contributed by atoms with van der Waals surface area (Å²) in [6.45, 7) is 2.39. The van der Waals surface area contributed by atoms with Crippen molar-refractivity contribution in [3.63, 3.8) is 0 Å². The lowest BCUT2D eigenvalue weighted by atomic mass is 9.92. The van der Waals surface area contributed by atoms with Gasteiger partial charge in [0.25, 0.3) is 0 Å². The Bertz CT molecular complexity index is 647. The summed E-state index contributed by atoms with van der Waals surface area (Å²) in [7, 11) is 1.83. The highest BCUT2D eigenvalue weighted by Crippen LogP contribution is 2.41. The molecule has 2 saturated carbocycles. The lowest BCUT2D eigenvalue weighted by Crippen LogP contribution is -2.51. The van der Waals surface area contributed by atoms with Gasteiger partial charge in [-0.3, -0.25) is 4.99 Å². The second-order valence-electron chi connectivity index (χ2n) is 8.43. The van der Waals surface area contributed by atoms with Gasteiger partial charge in [0.1, 0.15) is 5.82 Å². The van der Waals surface area contributed by atoms with Gasteiger partial charge in [-0.15, -0.1) is 0 Å². The number of halogens is 1. The van der Waals surface area contributed by atoms with E-state index in [1.165, 1.54) is 58.0 Å². The maximum absolute atomic E-state index is 14.0. The standard InChI is InChI=1S/C22H33FN4/c1-24-22(26-21-15-19(21)18-9-5-6-10-20(18)23)25-16-11-13-27(14-12-16)17-7-3-2-4-8-17/h5-6,9-10,16-17,19,21H,2-4,7-8,11-15H2,1H3,(H2,24,25,26). The van der Waals surface area contributed by atoms with Crippen molar-refractivity contribution in [3.05, 3.63) is 35.6 Å². The molecule has 1 aromatic carbocycles. The number of benzene rings is 1. The van der Waals surface area contributed by atoms with Gasteiger partial charge in [0.15, 0.2) is 5.96 Å². The van der Waals surface area contributed by atoms with Crippen LogP contribution >= 0.6 is 0 Å². The van der Waals surface area contributed by atoms with Gasteiger partial charge in [-0.25, -0.2) is 4.39 Å². The summed E-state index contributed by atoms with van der Waals surface area (Å²) in [4.78, 5) is 7.12. The van der Waals surface area contributed by atoms with Crippen molar-refractivity contribution in [1.82, 2.24) is 15.5 Å². The van der Waals surface area contributed by atoms with Crippen LogP contribution in [-0.2, 0) is 0 Å². The zero-order valence-electron chi connectivity index (χ0n) is 16.5. The first-order chi connectivity index (χ1) is 13.2. The minimum absolute atomic E-state index is 0.0927. The van der Waals surface area contributed by atoms with E-state index >= 15 is 0 Å². The molecule has 4 nitrogen and oxygen atoms in total. The maximum Gasteiger partial charge on any atom is 0.191 e. The van der Waals surface area contributed by atoms with Crippen LogP contribution in [-0.4, -0.2) is 49.1 Å². The first-order valence-electron chi connectivity index (χ1n) is 10.7. The highest BCUT2D eigenvalue weighted by Gasteiger charge is 2.40. The van der Waals surface area contributed by atoms with Crippen LogP contribution in [0.5, 0.6) is 0 Å². The van der Waals surface area contributed by atoms with Crippen molar-refractivity contribution < 1.29 is 4.39 Å². The van der Waals surface area contributed by atoms with Gasteiger partial charge in [0.05, 0.1) is 0 Å². The van der Waals surface area contributed by atoms with Crippen LogP contribution in [0.15, 0.2) is 29.3 Å². The summed E-state index contributed by atoms with van der Waals surface area (Å²) < 4.78 is 14.0. The zero-order chi connectivity index (χ0) is 18.6. The largest absolute Gasteiger partial charge is 0.354 e. The zero-order valence-corrected chi connectivity index (χ0v) is 16.5. The number of aliphatic imine (C=N–C) groups is 1. The van der Waals surface area contributed by atoms with Gasteiger partial charge in [-0.2, -0.15) is 0 Å². The van der Waals surface area contributed by atoms with Gasteiger partial charge in [-0.1, -0.05) is 37.5 Å². The van der Waals surface area contributed by atoms with Crippen LogP contribution in [0.25, 0.3) is 0 Å². The molecule has 27 heavy (non-hydrogen) atoms. The molecule has 0 spiro atoms. The number of nitrogens with one attached hydrogen (secondary N) is 2. The van der Waals surface area contributed by atoms with E-state index in [9.17, 15) is 4.39 Å². The summed E-state index contributed by atoms with van der Waals surface area (Å²) in [6.07, 6.45) is 10.3. The van der Waals surface area contributed by atoms with Crippen molar-refractivity contribution in [2.75, 3.05) is 20.1 Å². The highest BCUT2D eigenvalue weighted by atomic mass is 19.1. The molecule has 2 atom stereocenters. The van der Waals surface area contributed by atoms with E-state index < -0.39 is 0 Å². The topological polar surface area (TPSA) is 39.7 Å². The number of hydrogen-bond donors (Lipinski definition) is 2. The second-order valence-corrected chi connectivity index (χ2v) is 8.43. The monoisotopic (exact) mass is 372 g/mol. The third-order valence-corrected chi connectivity index (χ3v) is 6.60. The van der Waals surface area contributed by atoms with Gasteiger partial charge >= 0.3 is 0 Å². The van der Waals surface area contributed by atoms with E-state index in [4.69, 9.17) is 0 Å². The quantitative estimate of drug-likeness (QED) is 0.626. The molecule has 5 heteroatoms. The van der Waals surface area contributed by atoms with Crippen molar-refractivity contribution in [1.29, 1.82) is 0 Å². The summed E-state index contributed by atoms with van der Waals surface area (Å²) >= 11 is 0. The van der Waals surface area contributed by atoms with Crippen LogP contribution in [0.1, 0.15) is 62.8 Å². The molecule has 1 heterocycles. The lowest BCUT2D eigenvalue weighted by molar-refractivity contribution is 0.119. The molecule has 2 aliphatic carbocycles. The molecule has 2 N–H and O–H groups in total. The van der Waals surface area contributed by atoms with Crippen molar-refractivity contribution in [2.45, 2.75) is 75.4 Å². The summed E-state index contributed by atoms with van der Waals surface area (Å²) in [5.41, 5.74) is 0.825. The Balaban J connectivity index is 1.23.